The number of alkyl halides is 3. The Bertz CT molecular complexity index is 874. The molecule has 0 spiro atoms. The van der Waals surface area contributed by atoms with E-state index in [1.807, 2.05) is 18.2 Å². The van der Waals surface area contributed by atoms with Crippen molar-refractivity contribution in [2.24, 2.45) is 0 Å². The summed E-state index contributed by atoms with van der Waals surface area (Å²) in [6.07, 6.45) is -2.25. The quantitative estimate of drug-likeness (QED) is 0.720. The van der Waals surface area contributed by atoms with Gasteiger partial charge in [0.15, 0.2) is 0 Å². The molecule has 3 rings (SSSR count). The number of nitrogens with one attached hydrogen (secondary N) is 2. The van der Waals surface area contributed by atoms with Crippen LogP contribution in [0, 0.1) is 0 Å². The highest BCUT2D eigenvalue weighted by Gasteiger charge is 2.33. The molecule has 0 unspecified atom stereocenters. The van der Waals surface area contributed by atoms with Gasteiger partial charge in [-0.3, -0.25) is 19.5 Å². The van der Waals surface area contributed by atoms with Crippen LogP contribution in [0.15, 0.2) is 48.7 Å². The zero-order valence-corrected chi connectivity index (χ0v) is 16.3. The van der Waals surface area contributed by atoms with Crippen LogP contribution in [0.2, 0.25) is 0 Å². The summed E-state index contributed by atoms with van der Waals surface area (Å²) < 4.78 is 38.9. The topological polar surface area (TPSA) is 74.3 Å². The van der Waals surface area contributed by atoms with Gasteiger partial charge in [-0.25, -0.2) is 0 Å². The Morgan fingerprint density at radius 3 is 2.80 bits per heavy atom. The van der Waals surface area contributed by atoms with Gasteiger partial charge in [0, 0.05) is 44.5 Å². The third-order valence-electron chi connectivity index (χ3n) is 4.89. The molecule has 1 saturated heterocycles. The van der Waals surface area contributed by atoms with Crippen LogP contribution < -0.4 is 10.6 Å². The SMILES string of the molecule is O=C(C[C@H]1C(=O)NCCN1Cc1cccc(C(F)(F)F)c1)NCCc1ccccn1. The normalized spacial score (nSPS) is 17.4. The molecule has 1 aliphatic heterocycles. The van der Waals surface area contributed by atoms with Crippen LogP contribution in [0.3, 0.4) is 0 Å². The number of piperazine rings is 1. The Morgan fingerprint density at radius 2 is 2.07 bits per heavy atom. The van der Waals surface area contributed by atoms with Crippen molar-refractivity contribution in [3.63, 3.8) is 0 Å². The van der Waals surface area contributed by atoms with E-state index in [9.17, 15) is 22.8 Å². The molecular weight excluding hydrogens is 397 g/mol. The fourth-order valence-corrected chi connectivity index (χ4v) is 3.38. The highest BCUT2D eigenvalue weighted by molar-refractivity contribution is 5.88. The third-order valence-corrected chi connectivity index (χ3v) is 4.89. The van der Waals surface area contributed by atoms with Gasteiger partial charge in [0.25, 0.3) is 0 Å². The van der Waals surface area contributed by atoms with Gasteiger partial charge in [0.2, 0.25) is 11.8 Å². The van der Waals surface area contributed by atoms with Crippen molar-refractivity contribution in [3.8, 4) is 0 Å². The van der Waals surface area contributed by atoms with Gasteiger partial charge in [-0.1, -0.05) is 24.3 Å². The number of carbonyl (C=O) groups excluding carboxylic acids is 2. The Hall–Kier alpha value is -2.94. The smallest absolute Gasteiger partial charge is 0.356 e. The molecule has 2 amide bonds. The molecule has 1 aromatic heterocycles. The Kier molecular flexibility index (Phi) is 7.04. The standard InChI is InChI=1S/C21H23F3N4O2/c22-21(23,24)16-5-3-4-15(12-16)14-28-11-10-27-20(30)18(28)13-19(29)26-9-7-17-6-1-2-8-25-17/h1-6,8,12,18H,7,9-11,13-14H2,(H,26,29)(H,27,30)/t18-/m0/s1. The van der Waals surface area contributed by atoms with E-state index in [0.717, 1.165) is 17.8 Å². The first-order chi connectivity index (χ1) is 14.3. The number of carbonyl (C=O) groups is 2. The molecule has 6 nitrogen and oxygen atoms in total. The van der Waals surface area contributed by atoms with Gasteiger partial charge in [-0.2, -0.15) is 13.2 Å². The van der Waals surface area contributed by atoms with Crippen LogP contribution in [0.5, 0.6) is 0 Å². The molecule has 2 aromatic rings. The van der Waals surface area contributed by atoms with Crippen LogP contribution in [0.1, 0.15) is 23.2 Å². The van der Waals surface area contributed by atoms with Gasteiger partial charge < -0.3 is 10.6 Å². The summed E-state index contributed by atoms with van der Waals surface area (Å²) in [7, 11) is 0. The molecule has 0 radical (unpaired) electrons. The predicted molar refractivity (Wildman–Crippen MR) is 104 cm³/mol. The number of aromatic nitrogens is 1. The molecule has 1 aromatic carbocycles. The van der Waals surface area contributed by atoms with Crippen molar-refractivity contribution >= 4 is 11.8 Å². The number of halogens is 3. The minimum absolute atomic E-state index is 0.0625. The first-order valence-corrected chi connectivity index (χ1v) is 9.67. The first-order valence-electron chi connectivity index (χ1n) is 9.67. The average Bonchev–Trinajstić information content (AvgIpc) is 2.71. The second-order valence-electron chi connectivity index (χ2n) is 7.10. The fourth-order valence-electron chi connectivity index (χ4n) is 3.38. The summed E-state index contributed by atoms with van der Waals surface area (Å²) in [5.74, 6) is -0.588. The van der Waals surface area contributed by atoms with Crippen LogP contribution in [0.4, 0.5) is 13.2 Å². The van der Waals surface area contributed by atoms with Crippen molar-refractivity contribution in [2.75, 3.05) is 19.6 Å². The number of rotatable bonds is 7. The van der Waals surface area contributed by atoms with E-state index in [1.165, 1.54) is 6.07 Å². The van der Waals surface area contributed by atoms with Crippen LogP contribution in [0.25, 0.3) is 0 Å². The molecule has 2 heterocycles. The highest BCUT2D eigenvalue weighted by atomic mass is 19.4. The van der Waals surface area contributed by atoms with Crippen molar-refractivity contribution < 1.29 is 22.8 Å². The Morgan fingerprint density at radius 1 is 1.23 bits per heavy atom. The van der Waals surface area contributed by atoms with E-state index in [-0.39, 0.29) is 24.8 Å². The number of hydrogen-bond donors (Lipinski definition) is 2. The van der Waals surface area contributed by atoms with Gasteiger partial charge in [0.05, 0.1) is 18.0 Å². The number of benzene rings is 1. The Balaban J connectivity index is 1.59. The van der Waals surface area contributed by atoms with E-state index in [2.05, 4.69) is 15.6 Å². The summed E-state index contributed by atoms with van der Waals surface area (Å²) in [5, 5.41) is 5.50. The van der Waals surface area contributed by atoms with Gasteiger partial charge in [-0.15, -0.1) is 0 Å². The van der Waals surface area contributed by atoms with E-state index < -0.39 is 17.8 Å². The Labute approximate surface area is 172 Å². The summed E-state index contributed by atoms with van der Waals surface area (Å²) >= 11 is 0. The first kappa shape index (κ1) is 21.8. The summed E-state index contributed by atoms with van der Waals surface area (Å²) in [5.41, 5.74) is 0.560. The molecule has 30 heavy (non-hydrogen) atoms. The predicted octanol–water partition coefficient (Wildman–Crippen LogP) is 2.15. The average molecular weight is 420 g/mol. The molecule has 0 saturated carbocycles. The monoisotopic (exact) mass is 420 g/mol. The molecule has 2 N–H and O–H groups in total. The molecule has 9 heteroatoms. The minimum atomic E-state index is -4.43. The van der Waals surface area contributed by atoms with Gasteiger partial charge in [0.1, 0.15) is 0 Å². The number of amides is 2. The molecule has 1 atom stereocenters. The minimum Gasteiger partial charge on any atom is -0.356 e. The molecule has 0 aliphatic carbocycles. The van der Waals surface area contributed by atoms with Crippen LogP contribution >= 0.6 is 0 Å². The van der Waals surface area contributed by atoms with Crippen molar-refractivity contribution in [2.45, 2.75) is 31.6 Å². The molecule has 160 valence electrons. The molecule has 0 bridgehead atoms. The second kappa shape index (κ2) is 9.71. The van der Waals surface area contributed by atoms with Crippen molar-refractivity contribution in [1.82, 2.24) is 20.5 Å². The van der Waals surface area contributed by atoms with Gasteiger partial charge in [-0.05, 0) is 23.8 Å². The van der Waals surface area contributed by atoms with E-state index in [0.29, 0.717) is 31.6 Å². The maximum Gasteiger partial charge on any atom is 0.416 e. The van der Waals surface area contributed by atoms with Gasteiger partial charge >= 0.3 is 6.18 Å². The number of pyridine rings is 1. The summed E-state index contributed by atoms with van der Waals surface area (Å²) in [6.45, 7) is 1.38. The zero-order chi connectivity index (χ0) is 21.6. The largest absolute Gasteiger partial charge is 0.416 e. The van der Waals surface area contributed by atoms with Crippen molar-refractivity contribution in [1.29, 1.82) is 0 Å². The second-order valence-corrected chi connectivity index (χ2v) is 7.10. The lowest BCUT2D eigenvalue weighted by Gasteiger charge is -2.34. The lowest BCUT2D eigenvalue weighted by Crippen LogP contribution is -2.56. The molecule has 1 fully saturated rings. The number of hydrogen-bond acceptors (Lipinski definition) is 4. The van der Waals surface area contributed by atoms with E-state index in [4.69, 9.17) is 0 Å². The lowest BCUT2D eigenvalue weighted by atomic mass is 10.0. The van der Waals surface area contributed by atoms with Crippen LogP contribution in [-0.4, -0.2) is 47.4 Å². The van der Waals surface area contributed by atoms with E-state index >= 15 is 0 Å². The summed E-state index contributed by atoms with van der Waals surface area (Å²) in [6, 6.07) is 9.83. The summed E-state index contributed by atoms with van der Waals surface area (Å²) in [4.78, 5) is 30.6. The maximum atomic E-state index is 13.0. The zero-order valence-electron chi connectivity index (χ0n) is 16.3. The number of nitrogens with zero attached hydrogens (tertiary/aromatic N) is 2. The molecule has 1 aliphatic rings. The van der Waals surface area contributed by atoms with Crippen LogP contribution in [-0.2, 0) is 28.7 Å². The fraction of sp³-hybridized carbons (Fsp3) is 0.381. The lowest BCUT2D eigenvalue weighted by molar-refractivity contribution is -0.137. The molecular formula is C21H23F3N4O2. The highest BCUT2D eigenvalue weighted by Crippen LogP contribution is 2.30. The maximum absolute atomic E-state index is 13.0. The van der Waals surface area contributed by atoms with Crippen molar-refractivity contribution in [3.05, 3.63) is 65.5 Å². The van der Waals surface area contributed by atoms with E-state index in [1.54, 1.807) is 17.2 Å². The third kappa shape index (κ3) is 6.03.